The van der Waals surface area contributed by atoms with Crippen LogP contribution in [0.25, 0.3) is 6.08 Å². The maximum Gasteiger partial charge on any atom is 0.0768 e. The fourth-order valence-corrected chi connectivity index (χ4v) is 2.65. The molecular weight excluding hydrogens is 203 g/mol. The Morgan fingerprint density at radius 1 is 1.00 bits per heavy atom. The molecular formula is C16H15B. The molecule has 1 aromatic carbocycles. The molecule has 17 heavy (non-hydrogen) atoms. The Morgan fingerprint density at radius 3 is 2.76 bits per heavy atom. The van der Waals surface area contributed by atoms with Gasteiger partial charge in [-0.25, -0.2) is 0 Å². The molecule has 0 aliphatic heterocycles. The highest BCUT2D eigenvalue weighted by Gasteiger charge is 2.17. The first-order chi connectivity index (χ1) is 8.34. The van der Waals surface area contributed by atoms with Gasteiger partial charge in [-0.15, -0.1) is 0 Å². The van der Waals surface area contributed by atoms with Crippen molar-refractivity contribution in [1.29, 1.82) is 0 Å². The fourth-order valence-electron chi connectivity index (χ4n) is 2.65. The molecule has 1 atom stereocenters. The second kappa shape index (κ2) is 4.41. The van der Waals surface area contributed by atoms with Crippen LogP contribution in [-0.4, -0.2) is 7.85 Å². The topological polar surface area (TPSA) is 0 Å². The lowest BCUT2D eigenvalue weighted by molar-refractivity contribution is 0.897. The smallest absolute Gasteiger partial charge is 0.0768 e. The van der Waals surface area contributed by atoms with Crippen LogP contribution in [0.15, 0.2) is 53.6 Å². The van der Waals surface area contributed by atoms with Crippen LogP contribution in [0.3, 0.4) is 0 Å². The molecule has 2 aliphatic carbocycles. The molecule has 2 aliphatic rings. The molecule has 0 aromatic heterocycles. The van der Waals surface area contributed by atoms with Gasteiger partial charge >= 0.3 is 0 Å². The van der Waals surface area contributed by atoms with Crippen molar-refractivity contribution in [3.8, 4) is 0 Å². The van der Waals surface area contributed by atoms with Crippen LogP contribution in [-0.2, 0) is 6.42 Å². The lowest BCUT2D eigenvalue weighted by Gasteiger charge is -2.23. The summed E-state index contributed by atoms with van der Waals surface area (Å²) in [6, 6.07) is 8.52. The van der Waals surface area contributed by atoms with E-state index in [1.54, 1.807) is 0 Å². The van der Waals surface area contributed by atoms with Crippen LogP contribution in [0.2, 0.25) is 5.82 Å². The summed E-state index contributed by atoms with van der Waals surface area (Å²) in [5.74, 6) is 0.132. The van der Waals surface area contributed by atoms with Gasteiger partial charge in [0.15, 0.2) is 0 Å². The van der Waals surface area contributed by atoms with Gasteiger partial charge < -0.3 is 0 Å². The third-order valence-electron chi connectivity index (χ3n) is 3.57. The monoisotopic (exact) mass is 218 g/mol. The highest BCUT2D eigenvalue weighted by atomic mass is 14.2. The van der Waals surface area contributed by atoms with Crippen molar-refractivity contribution in [2.45, 2.75) is 25.1 Å². The summed E-state index contributed by atoms with van der Waals surface area (Å²) < 4.78 is 0. The summed E-state index contributed by atoms with van der Waals surface area (Å²) in [5.41, 5.74) is 5.29. The van der Waals surface area contributed by atoms with Crippen LogP contribution in [0, 0.1) is 0 Å². The summed E-state index contributed by atoms with van der Waals surface area (Å²) in [4.78, 5) is 0. The molecule has 0 heterocycles. The zero-order valence-electron chi connectivity index (χ0n) is 9.89. The molecule has 1 heteroatoms. The number of allylic oxidation sites excluding steroid dienone is 5. The third-order valence-corrected chi connectivity index (χ3v) is 3.57. The molecule has 2 radical (unpaired) electrons. The minimum atomic E-state index is 0.132. The van der Waals surface area contributed by atoms with E-state index in [0.717, 1.165) is 19.3 Å². The van der Waals surface area contributed by atoms with Crippen molar-refractivity contribution < 1.29 is 0 Å². The van der Waals surface area contributed by atoms with Gasteiger partial charge in [-0.1, -0.05) is 54.1 Å². The maximum absolute atomic E-state index is 6.33. The second-order valence-corrected chi connectivity index (χ2v) is 4.74. The van der Waals surface area contributed by atoms with Gasteiger partial charge in [-0.3, -0.25) is 0 Å². The van der Waals surface area contributed by atoms with Crippen LogP contribution < -0.4 is 0 Å². The Morgan fingerprint density at radius 2 is 1.82 bits per heavy atom. The molecule has 0 bridgehead atoms. The van der Waals surface area contributed by atoms with E-state index in [0.29, 0.717) is 0 Å². The summed E-state index contributed by atoms with van der Waals surface area (Å²) >= 11 is 0. The predicted molar refractivity (Wildman–Crippen MR) is 74.1 cm³/mol. The number of fused-ring (bicyclic) bond motifs is 2. The van der Waals surface area contributed by atoms with E-state index in [2.05, 4.69) is 48.6 Å². The van der Waals surface area contributed by atoms with Crippen molar-refractivity contribution >= 4 is 13.9 Å². The molecule has 0 nitrogen and oxygen atoms in total. The summed E-state index contributed by atoms with van der Waals surface area (Å²) in [7, 11) is 6.33. The molecule has 0 amide bonds. The van der Waals surface area contributed by atoms with Crippen molar-refractivity contribution in [2.75, 3.05) is 0 Å². The SMILES string of the molecule is [B]C1Cc2ccccc2/C=C\C2=CCCC=C21. The number of hydrogen-bond acceptors (Lipinski definition) is 0. The van der Waals surface area contributed by atoms with E-state index in [9.17, 15) is 0 Å². The zero-order chi connectivity index (χ0) is 11.7. The maximum atomic E-state index is 6.33. The molecule has 0 fully saturated rings. The molecule has 0 saturated carbocycles. The van der Waals surface area contributed by atoms with Gasteiger partial charge in [0.1, 0.15) is 0 Å². The number of benzene rings is 1. The van der Waals surface area contributed by atoms with Crippen molar-refractivity contribution in [2.24, 2.45) is 0 Å². The van der Waals surface area contributed by atoms with Crippen LogP contribution in [0.4, 0.5) is 0 Å². The normalized spacial score (nSPS) is 24.6. The molecule has 82 valence electrons. The minimum Gasteiger partial charge on any atom is -0.0809 e. The largest absolute Gasteiger partial charge is 0.0809 e. The number of rotatable bonds is 0. The third kappa shape index (κ3) is 2.02. The van der Waals surface area contributed by atoms with Gasteiger partial charge in [-0.05, 0) is 41.8 Å². The lowest BCUT2D eigenvalue weighted by atomic mass is 9.70. The highest BCUT2D eigenvalue weighted by Crippen LogP contribution is 2.34. The van der Waals surface area contributed by atoms with Crippen LogP contribution in [0.5, 0.6) is 0 Å². The Bertz CT molecular complexity index is 520. The Hall–Kier alpha value is -1.50. The molecule has 3 rings (SSSR count). The Labute approximate surface area is 104 Å². The van der Waals surface area contributed by atoms with Crippen LogP contribution >= 0.6 is 0 Å². The Balaban J connectivity index is 2.08. The van der Waals surface area contributed by atoms with E-state index < -0.39 is 0 Å². The molecule has 0 saturated heterocycles. The number of hydrogen-bond donors (Lipinski definition) is 0. The van der Waals surface area contributed by atoms with E-state index in [1.807, 2.05) is 0 Å². The average Bonchev–Trinajstić information content (AvgIpc) is 2.36. The van der Waals surface area contributed by atoms with Gasteiger partial charge in [0, 0.05) is 0 Å². The summed E-state index contributed by atoms with van der Waals surface area (Å²) in [6.45, 7) is 0. The quantitative estimate of drug-likeness (QED) is 0.580. The molecule has 1 unspecified atom stereocenters. The summed E-state index contributed by atoms with van der Waals surface area (Å²) in [6.07, 6.45) is 12.2. The second-order valence-electron chi connectivity index (χ2n) is 4.74. The predicted octanol–water partition coefficient (Wildman–Crippen LogP) is 3.86. The van der Waals surface area contributed by atoms with E-state index >= 15 is 0 Å². The van der Waals surface area contributed by atoms with Gasteiger partial charge in [-0.2, -0.15) is 0 Å². The van der Waals surface area contributed by atoms with Crippen molar-refractivity contribution in [3.05, 3.63) is 64.8 Å². The first kappa shape index (κ1) is 10.6. The van der Waals surface area contributed by atoms with Gasteiger partial charge in [0.25, 0.3) is 0 Å². The zero-order valence-corrected chi connectivity index (χ0v) is 9.89. The standard InChI is InChI=1S/C16H15B/c17-16-11-14-7-2-1-5-12(14)9-10-13-6-3-4-8-15(13)16/h1-2,5-10,16H,3-4,11H2/b10-9-. The molecule has 1 aromatic rings. The average molecular weight is 218 g/mol. The first-order valence-corrected chi connectivity index (χ1v) is 6.27. The summed E-state index contributed by atoms with van der Waals surface area (Å²) in [5, 5.41) is 0. The van der Waals surface area contributed by atoms with Gasteiger partial charge in [0.05, 0.1) is 7.85 Å². The van der Waals surface area contributed by atoms with E-state index in [-0.39, 0.29) is 5.82 Å². The fraction of sp³-hybridized carbons (Fsp3) is 0.250. The van der Waals surface area contributed by atoms with Crippen molar-refractivity contribution in [3.63, 3.8) is 0 Å². The van der Waals surface area contributed by atoms with Crippen LogP contribution in [0.1, 0.15) is 24.0 Å². The van der Waals surface area contributed by atoms with E-state index in [4.69, 9.17) is 7.85 Å². The van der Waals surface area contributed by atoms with Gasteiger partial charge in [0.2, 0.25) is 0 Å². The van der Waals surface area contributed by atoms with E-state index in [1.165, 1.54) is 22.3 Å². The first-order valence-electron chi connectivity index (χ1n) is 6.27. The lowest BCUT2D eigenvalue weighted by Crippen LogP contribution is -2.08. The Kier molecular flexibility index (Phi) is 2.76. The highest BCUT2D eigenvalue weighted by molar-refractivity contribution is 6.14. The molecule has 0 N–H and O–H groups in total. The molecule has 0 spiro atoms. The van der Waals surface area contributed by atoms with Crippen molar-refractivity contribution in [1.82, 2.24) is 0 Å². The minimum absolute atomic E-state index is 0.132.